The monoisotopic (exact) mass is 297 g/mol. The van der Waals surface area contributed by atoms with Gasteiger partial charge >= 0.3 is 8.25 Å². The van der Waals surface area contributed by atoms with E-state index in [9.17, 15) is 4.57 Å². The van der Waals surface area contributed by atoms with E-state index in [1.165, 1.54) is 0 Å². The van der Waals surface area contributed by atoms with Gasteiger partial charge in [-0.25, -0.2) is 0 Å². The average molecular weight is 299 g/mol. The van der Waals surface area contributed by atoms with Crippen LogP contribution in [0, 0.1) is 0 Å². The molecule has 0 aliphatic rings. The van der Waals surface area contributed by atoms with Crippen LogP contribution >= 0.6 is 54.7 Å². The normalized spacial score (nSPS) is 14.4. The molecule has 0 aromatic heterocycles. The molecule has 0 rings (SSSR count). The van der Waals surface area contributed by atoms with Crippen LogP contribution in [0.25, 0.3) is 0 Å². The van der Waals surface area contributed by atoms with Gasteiger partial charge in [0.05, 0.1) is 10.1 Å². The molecular weight excluding hydrogens is 293 g/mol. The van der Waals surface area contributed by atoms with Crippen molar-refractivity contribution in [3.8, 4) is 0 Å². The maximum atomic E-state index is 10.9. The Morgan fingerprint density at radius 1 is 1.07 bits per heavy atom. The fourth-order valence-corrected chi connectivity index (χ4v) is 1.28. The van der Waals surface area contributed by atoms with E-state index in [1.54, 1.807) is 0 Å². The molecule has 0 aromatic carbocycles. The van der Waals surface area contributed by atoms with Gasteiger partial charge < -0.3 is 0 Å². The molecule has 0 atom stereocenters. The number of hydrogen-bond acceptors (Lipinski definition) is 3. The van der Waals surface area contributed by atoms with E-state index in [0.717, 1.165) is 11.1 Å². The first-order chi connectivity index (χ1) is 6.60. The van der Waals surface area contributed by atoms with E-state index in [-0.39, 0.29) is 23.3 Å². The zero-order valence-corrected chi connectivity index (χ0v) is 10.7. The summed E-state index contributed by atoms with van der Waals surface area (Å²) in [7, 11) is -2.27. The quantitative estimate of drug-likeness (QED) is 0.685. The van der Waals surface area contributed by atoms with Crippen molar-refractivity contribution in [2.45, 2.75) is 0 Å². The molecule has 80 valence electrons. The lowest BCUT2D eigenvalue weighted by molar-refractivity contribution is 0.258. The van der Waals surface area contributed by atoms with Crippen LogP contribution in [0.3, 0.4) is 0 Å². The molecule has 0 aromatic rings. The lowest BCUT2D eigenvalue weighted by Gasteiger charge is -1.90. The summed E-state index contributed by atoms with van der Waals surface area (Å²) >= 11 is 21.4. The summed E-state index contributed by atoms with van der Waals surface area (Å²) in [6, 6.07) is 0. The third-order valence-electron chi connectivity index (χ3n) is 0.852. The third-order valence-corrected chi connectivity index (χ3v) is 2.72. The summed E-state index contributed by atoms with van der Waals surface area (Å²) in [5.41, 5.74) is 2.22. The zero-order valence-electron chi connectivity index (χ0n) is 6.75. The highest BCUT2D eigenvalue weighted by atomic mass is 35.5. The Balaban J connectivity index is 3.67. The summed E-state index contributed by atoms with van der Waals surface area (Å²) in [5, 5.41) is 0.440. The molecule has 14 heavy (non-hydrogen) atoms. The van der Waals surface area contributed by atoms with Crippen LogP contribution in [0.15, 0.2) is 21.1 Å². The molecule has 0 aliphatic heterocycles. The Labute approximate surface area is 103 Å². The standard InChI is InChI=1S/C6H6Cl4O3P/c7-1-5(9)3-12-14(11)13-4-6(10)2-8/h1-2H,3-4H2/q+1. The summed E-state index contributed by atoms with van der Waals surface area (Å²) in [6.45, 7) is -0.162. The van der Waals surface area contributed by atoms with Crippen LogP contribution in [-0.4, -0.2) is 13.2 Å². The van der Waals surface area contributed by atoms with Gasteiger partial charge in [0.15, 0.2) is 0 Å². The fourth-order valence-electron chi connectivity index (χ4n) is 0.329. The van der Waals surface area contributed by atoms with Crippen molar-refractivity contribution in [3.63, 3.8) is 0 Å². The first-order valence-corrected chi connectivity index (χ1v) is 5.95. The van der Waals surface area contributed by atoms with Crippen molar-refractivity contribution < 1.29 is 13.6 Å². The van der Waals surface area contributed by atoms with E-state index in [2.05, 4.69) is 9.05 Å². The van der Waals surface area contributed by atoms with Gasteiger partial charge in [-0.15, -0.1) is 9.05 Å². The summed E-state index contributed by atoms with van der Waals surface area (Å²) in [6.07, 6.45) is 0. The smallest absolute Gasteiger partial charge is 0.113 e. The minimum Gasteiger partial charge on any atom is -0.113 e. The third kappa shape index (κ3) is 8.01. The maximum absolute atomic E-state index is 10.9. The molecule has 0 radical (unpaired) electrons. The average Bonchev–Trinajstić information content (AvgIpc) is 2.22. The molecule has 0 bridgehead atoms. The Morgan fingerprint density at radius 3 is 1.71 bits per heavy atom. The number of rotatable bonds is 6. The number of halogens is 4. The van der Waals surface area contributed by atoms with Crippen LogP contribution in [-0.2, 0) is 13.6 Å². The molecule has 0 aliphatic carbocycles. The van der Waals surface area contributed by atoms with Crippen LogP contribution in [0.4, 0.5) is 0 Å². The predicted octanol–water partition coefficient (Wildman–Crippen LogP) is 4.32. The molecular formula is C6H6Cl4O3P+. The van der Waals surface area contributed by atoms with Gasteiger partial charge in [0.25, 0.3) is 0 Å². The molecule has 3 nitrogen and oxygen atoms in total. The van der Waals surface area contributed by atoms with Crippen molar-refractivity contribution in [3.05, 3.63) is 21.1 Å². The van der Waals surface area contributed by atoms with Crippen molar-refractivity contribution in [1.29, 1.82) is 0 Å². The van der Waals surface area contributed by atoms with Crippen LogP contribution < -0.4 is 0 Å². The molecule has 0 amide bonds. The van der Waals surface area contributed by atoms with E-state index in [0.29, 0.717) is 0 Å². The first-order valence-electron chi connectivity index (χ1n) is 3.22. The zero-order chi connectivity index (χ0) is 11.0. The molecule has 0 fully saturated rings. The second-order valence-electron chi connectivity index (χ2n) is 1.88. The fraction of sp³-hybridized carbons (Fsp3) is 0.333. The lowest BCUT2D eigenvalue weighted by Crippen LogP contribution is -1.90. The number of hydrogen-bond donors (Lipinski definition) is 0. The van der Waals surface area contributed by atoms with Crippen molar-refractivity contribution in [2.75, 3.05) is 13.2 Å². The van der Waals surface area contributed by atoms with E-state index in [4.69, 9.17) is 46.4 Å². The SMILES string of the molecule is O=[P+](OCC(Cl)=CCl)OCC(Cl)=CCl. The van der Waals surface area contributed by atoms with Crippen LogP contribution in [0.2, 0.25) is 0 Å². The van der Waals surface area contributed by atoms with Gasteiger partial charge in [-0.2, -0.15) is 0 Å². The van der Waals surface area contributed by atoms with Gasteiger partial charge in [0.1, 0.15) is 13.2 Å². The Hall–Kier alpha value is 0.660. The molecule has 0 unspecified atom stereocenters. The highest BCUT2D eigenvalue weighted by molar-refractivity contribution is 7.33. The molecule has 0 N–H and O–H groups in total. The van der Waals surface area contributed by atoms with Crippen molar-refractivity contribution in [1.82, 2.24) is 0 Å². The van der Waals surface area contributed by atoms with Gasteiger partial charge in [0, 0.05) is 15.6 Å². The summed E-state index contributed by atoms with van der Waals surface area (Å²) < 4.78 is 20.3. The lowest BCUT2D eigenvalue weighted by atomic mass is 10.7. The maximum Gasteiger partial charge on any atom is 0.698 e. The Kier molecular flexibility index (Phi) is 9.35. The predicted molar refractivity (Wildman–Crippen MR) is 59.1 cm³/mol. The second kappa shape index (κ2) is 8.93. The Bertz CT molecular complexity index is 229. The van der Waals surface area contributed by atoms with Crippen molar-refractivity contribution >= 4 is 54.7 Å². The van der Waals surface area contributed by atoms with Gasteiger partial charge in [-0.3, -0.25) is 0 Å². The van der Waals surface area contributed by atoms with E-state index in [1.807, 2.05) is 0 Å². The van der Waals surface area contributed by atoms with Gasteiger partial charge in [0.2, 0.25) is 0 Å². The summed E-state index contributed by atoms with van der Waals surface area (Å²) in [4.78, 5) is 0. The minimum absolute atomic E-state index is 0.0809. The Morgan fingerprint density at radius 2 is 1.43 bits per heavy atom. The highest BCUT2D eigenvalue weighted by Crippen LogP contribution is 2.26. The molecule has 0 saturated heterocycles. The summed E-state index contributed by atoms with van der Waals surface area (Å²) in [5.74, 6) is 0. The molecule has 0 spiro atoms. The highest BCUT2D eigenvalue weighted by Gasteiger charge is 2.20. The molecule has 0 saturated carbocycles. The first kappa shape index (κ1) is 14.7. The van der Waals surface area contributed by atoms with Crippen molar-refractivity contribution in [2.24, 2.45) is 0 Å². The second-order valence-corrected chi connectivity index (χ2v) is 4.25. The van der Waals surface area contributed by atoms with Crippen LogP contribution in [0.1, 0.15) is 0 Å². The van der Waals surface area contributed by atoms with E-state index >= 15 is 0 Å². The van der Waals surface area contributed by atoms with Gasteiger partial charge in [-0.1, -0.05) is 46.4 Å². The van der Waals surface area contributed by atoms with E-state index < -0.39 is 8.25 Å². The molecule has 8 heteroatoms. The largest absolute Gasteiger partial charge is 0.698 e. The topological polar surface area (TPSA) is 35.5 Å². The van der Waals surface area contributed by atoms with Gasteiger partial charge in [-0.05, 0) is 0 Å². The van der Waals surface area contributed by atoms with Crippen LogP contribution in [0.5, 0.6) is 0 Å². The molecule has 0 heterocycles. The minimum atomic E-state index is -2.27.